The van der Waals surface area contributed by atoms with Crippen molar-refractivity contribution in [3.63, 3.8) is 0 Å². The molecule has 0 aromatic carbocycles. The molecule has 1 saturated heterocycles. The minimum atomic E-state index is 0.763. The molecular formula is C7H15N. The molecular weight excluding hydrogens is 98.1 g/mol. The predicted octanol–water partition coefficient (Wildman–Crippen LogP) is 1.49. The summed E-state index contributed by atoms with van der Waals surface area (Å²) >= 11 is 0. The van der Waals surface area contributed by atoms with Gasteiger partial charge in [0.15, 0.2) is 0 Å². The van der Waals surface area contributed by atoms with Gasteiger partial charge in [0.25, 0.3) is 0 Å². The van der Waals surface area contributed by atoms with E-state index in [9.17, 15) is 0 Å². The van der Waals surface area contributed by atoms with Crippen LogP contribution in [0.5, 0.6) is 0 Å². The number of rotatable bonds is 1. The Kier molecular flexibility index (Phi) is 1.57. The quantitative estimate of drug-likeness (QED) is 0.498. The molecule has 0 saturated carbocycles. The lowest BCUT2D eigenvalue weighted by atomic mass is 10.0. The van der Waals surface area contributed by atoms with Gasteiger partial charge in [0, 0.05) is 18.6 Å². The van der Waals surface area contributed by atoms with Gasteiger partial charge >= 0.3 is 0 Å². The summed E-state index contributed by atoms with van der Waals surface area (Å²) in [5.41, 5.74) is 0. The Labute approximate surface area is 51.7 Å². The minimum absolute atomic E-state index is 0.763. The van der Waals surface area contributed by atoms with E-state index in [1.807, 2.05) is 0 Å². The van der Waals surface area contributed by atoms with Crippen LogP contribution in [-0.2, 0) is 0 Å². The van der Waals surface area contributed by atoms with E-state index >= 15 is 0 Å². The molecule has 1 atom stereocenters. The summed E-state index contributed by atoms with van der Waals surface area (Å²) in [5, 5.41) is 0. The largest absolute Gasteiger partial charge is 0.298 e. The Morgan fingerprint density at radius 2 is 2.12 bits per heavy atom. The summed E-state index contributed by atoms with van der Waals surface area (Å²) in [6.07, 6.45) is 1.40. The lowest BCUT2D eigenvalue weighted by Crippen LogP contribution is -2.49. The Hall–Kier alpha value is -0.0400. The van der Waals surface area contributed by atoms with Crippen LogP contribution in [0.25, 0.3) is 0 Å². The molecule has 1 nitrogen and oxygen atoms in total. The molecule has 1 unspecified atom stereocenters. The highest BCUT2D eigenvalue weighted by Crippen LogP contribution is 2.18. The first-order valence-corrected chi connectivity index (χ1v) is 3.47. The molecule has 1 aliphatic rings. The van der Waals surface area contributed by atoms with Crippen LogP contribution in [0, 0.1) is 0 Å². The zero-order chi connectivity index (χ0) is 6.15. The summed E-state index contributed by atoms with van der Waals surface area (Å²) in [6.45, 7) is 8.13. The maximum absolute atomic E-state index is 2.51. The second-order valence-electron chi connectivity index (χ2n) is 2.97. The topological polar surface area (TPSA) is 3.24 Å². The lowest BCUT2D eigenvalue weighted by molar-refractivity contribution is 0.0693. The third kappa shape index (κ3) is 0.873. The van der Waals surface area contributed by atoms with Gasteiger partial charge in [0.1, 0.15) is 0 Å². The van der Waals surface area contributed by atoms with Crippen molar-refractivity contribution in [2.45, 2.75) is 39.3 Å². The van der Waals surface area contributed by atoms with Gasteiger partial charge in [-0.15, -0.1) is 0 Å². The Morgan fingerprint density at radius 1 is 1.50 bits per heavy atom. The number of likely N-dealkylation sites (tertiary alicyclic amines) is 1. The van der Waals surface area contributed by atoms with Crippen molar-refractivity contribution in [2.75, 3.05) is 6.54 Å². The molecule has 0 spiro atoms. The monoisotopic (exact) mass is 113 g/mol. The molecule has 1 fully saturated rings. The zero-order valence-corrected chi connectivity index (χ0v) is 6.02. The summed E-state index contributed by atoms with van der Waals surface area (Å²) in [5.74, 6) is 0. The summed E-state index contributed by atoms with van der Waals surface area (Å²) in [6, 6.07) is 1.62. The highest BCUT2D eigenvalue weighted by Gasteiger charge is 2.24. The maximum Gasteiger partial charge on any atom is 0.00818 e. The fourth-order valence-corrected chi connectivity index (χ4v) is 1.30. The van der Waals surface area contributed by atoms with Crippen LogP contribution in [0.4, 0.5) is 0 Å². The van der Waals surface area contributed by atoms with Crippen molar-refractivity contribution in [3.8, 4) is 0 Å². The molecule has 0 radical (unpaired) electrons. The third-order valence-electron chi connectivity index (χ3n) is 2.03. The second-order valence-corrected chi connectivity index (χ2v) is 2.97. The first-order valence-electron chi connectivity index (χ1n) is 3.47. The Morgan fingerprint density at radius 3 is 2.12 bits per heavy atom. The van der Waals surface area contributed by atoms with Crippen molar-refractivity contribution in [1.82, 2.24) is 4.90 Å². The van der Waals surface area contributed by atoms with Crippen molar-refractivity contribution in [1.29, 1.82) is 0 Å². The van der Waals surface area contributed by atoms with Crippen LogP contribution in [0.15, 0.2) is 0 Å². The molecule has 0 aromatic rings. The summed E-state index contributed by atoms with van der Waals surface area (Å²) in [7, 11) is 0. The maximum atomic E-state index is 2.51. The predicted molar refractivity (Wildman–Crippen MR) is 35.9 cm³/mol. The van der Waals surface area contributed by atoms with Crippen molar-refractivity contribution in [2.24, 2.45) is 0 Å². The van der Waals surface area contributed by atoms with Crippen LogP contribution < -0.4 is 0 Å². The Bertz CT molecular complexity index is 73.7. The molecule has 1 aliphatic heterocycles. The second kappa shape index (κ2) is 2.06. The van der Waals surface area contributed by atoms with E-state index in [-0.39, 0.29) is 0 Å². The van der Waals surface area contributed by atoms with E-state index < -0.39 is 0 Å². The van der Waals surface area contributed by atoms with Gasteiger partial charge in [-0.1, -0.05) is 0 Å². The fraction of sp³-hybridized carbons (Fsp3) is 1.00. The highest BCUT2D eigenvalue weighted by molar-refractivity contribution is 4.80. The van der Waals surface area contributed by atoms with Gasteiger partial charge in [-0.3, -0.25) is 4.90 Å². The van der Waals surface area contributed by atoms with E-state index in [2.05, 4.69) is 25.7 Å². The zero-order valence-electron chi connectivity index (χ0n) is 6.02. The van der Waals surface area contributed by atoms with E-state index in [1.165, 1.54) is 13.0 Å². The molecule has 1 heterocycles. The van der Waals surface area contributed by atoms with Crippen molar-refractivity contribution in [3.05, 3.63) is 0 Å². The average Bonchev–Trinajstić information content (AvgIpc) is 1.61. The molecule has 0 aliphatic carbocycles. The first-order chi connectivity index (χ1) is 3.72. The number of nitrogens with zero attached hydrogens (tertiary/aromatic N) is 1. The lowest BCUT2D eigenvalue weighted by Gasteiger charge is -2.41. The minimum Gasteiger partial charge on any atom is -0.298 e. The standard InChI is InChI=1S/C7H15N/c1-6(2)8-5-4-7(8)3/h6-7H,4-5H2,1-3H3. The van der Waals surface area contributed by atoms with Gasteiger partial charge in [-0.25, -0.2) is 0 Å². The molecule has 0 bridgehead atoms. The highest BCUT2D eigenvalue weighted by atomic mass is 15.2. The van der Waals surface area contributed by atoms with Gasteiger partial charge in [-0.2, -0.15) is 0 Å². The molecule has 1 heteroatoms. The molecule has 0 N–H and O–H groups in total. The number of hydrogen-bond acceptors (Lipinski definition) is 1. The Balaban J connectivity index is 2.26. The van der Waals surface area contributed by atoms with Crippen LogP contribution in [0.2, 0.25) is 0 Å². The van der Waals surface area contributed by atoms with E-state index in [0.29, 0.717) is 0 Å². The van der Waals surface area contributed by atoms with Crippen LogP contribution in [0.1, 0.15) is 27.2 Å². The van der Waals surface area contributed by atoms with Gasteiger partial charge in [0.05, 0.1) is 0 Å². The summed E-state index contributed by atoms with van der Waals surface area (Å²) in [4.78, 5) is 2.51. The molecule has 48 valence electrons. The van der Waals surface area contributed by atoms with Crippen LogP contribution in [-0.4, -0.2) is 23.5 Å². The molecule has 1 rings (SSSR count). The molecule has 0 amide bonds. The van der Waals surface area contributed by atoms with E-state index in [0.717, 1.165) is 12.1 Å². The van der Waals surface area contributed by atoms with Crippen molar-refractivity contribution >= 4 is 0 Å². The van der Waals surface area contributed by atoms with Gasteiger partial charge in [-0.05, 0) is 27.2 Å². The van der Waals surface area contributed by atoms with E-state index in [4.69, 9.17) is 0 Å². The van der Waals surface area contributed by atoms with Gasteiger partial charge < -0.3 is 0 Å². The number of hydrogen-bond donors (Lipinski definition) is 0. The van der Waals surface area contributed by atoms with Crippen LogP contribution in [0.3, 0.4) is 0 Å². The first kappa shape index (κ1) is 6.09. The van der Waals surface area contributed by atoms with Gasteiger partial charge in [0.2, 0.25) is 0 Å². The normalized spacial score (nSPS) is 30.8. The van der Waals surface area contributed by atoms with Crippen molar-refractivity contribution < 1.29 is 0 Å². The van der Waals surface area contributed by atoms with E-state index in [1.54, 1.807) is 0 Å². The van der Waals surface area contributed by atoms with Crippen LogP contribution >= 0.6 is 0 Å². The third-order valence-corrected chi connectivity index (χ3v) is 2.03. The smallest absolute Gasteiger partial charge is 0.00818 e. The molecule has 8 heavy (non-hydrogen) atoms. The molecule has 0 aromatic heterocycles. The average molecular weight is 113 g/mol. The fourth-order valence-electron chi connectivity index (χ4n) is 1.30. The SMILES string of the molecule is CC(C)N1CCC1C. The summed E-state index contributed by atoms with van der Waals surface area (Å²) < 4.78 is 0.